The summed E-state index contributed by atoms with van der Waals surface area (Å²) in [5, 5.41) is 21.5. The predicted octanol–water partition coefficient (Wildman–Crippen LogP) is 2.40. The van der Waals surface area contributed by atoms with E-state index in [1.807, 2.05) is 62.4 Å². The quantitative estimate of drug-likeness (QED) is 0.295. The van der Waals surface area contributed by atoms with Gasteiger partial charge in [-0.15, -0.1) is 0 Å². The fraction of sp³-hybridized carbons (Fsp3) is 0.250. The van der Waals surface area contributed by atoms with Gasteiger partial charge in [0.05, 0.1) is 0 Å². The molecule has 0 aliphatic carbocycles. The van der Waals surface area contributed by atoms with Crippen LogP contribution >= 0.6 is 0 Å². The van der Waals surface area contributed by atoms with Crippen molar-refractivity contribution < 1.29 is 0 Å². The van der Waals surface area contributed by atoms with Gasteiger partial charge in [-0.25, -0.2) is 19.8 Å². The molecule has 34 heavy (non-hydrogen) atoms. The Kier molecular flexibility index (Phi) is 7.07. The minimum Gasteiger partial charge on any atom is -0.244 e. The third kappa shape index (κ3) is 5.71. The summed E-state index contributed by atoms with van der Waals surface area (Å²) in [5.41, 5.74) is 3.64. The van der Waals surface area contributed by atoms with Gasteiger partial charge >= 0.3 is 11.4 Å². The van der Waals surface area contributed by atoms with Gasteiger partial charge < -0.3 is 0 Å². The van der Waals surface area contributed by atoms with E-state index in [1.165, 1.54) is 20.5 Å². The minimum absolute atomic E-state index is 0.391. The lowest BCUT2D eigenvalue weighted by Crippen LogP contribution is -2.15. The molecule has 0 saturated heterocycles. The minimum atomic E-state index is -0.391. The molecule has 4 rings (SSSR count). The second-order valence-corrected chi connectivity index (χ2v) is 8.01. The molecule has 4 aromatic rings. The van der Waals surface area contributed by atoms with E-state index in [1.54, 1.807) is 12.4 Å². The standard InChI is InChI=1S/C24H26N8O2/c1-17-5-9-19(10-6-17)15-21-27-29-23(33)31(21)25-13-3-4-14-26-32-22(28-30-24(32)34)16-20-11-7-18(2)8-12-20/h5-14H,3-4,15-16H2,1-2H3,(H,29,33)(H,30,34)/b25-13+,26-14+. The van der Waals surface area contributed by atoms with Crippen LogP contribution in [0, 0.1) is 13.8 Å². The van der Waals surface area contributed by atoms with Crippen molar-refractivity contribution in [3.05, 3.63) is 103 Å². The molecule has 10 nitrogen and oxygen atoms in total. The molecular formula is C24H26N8O2. The highest BCUT2D eigenvalue weighted by Gasteiger charge is 2.09. The summed E-state index contributed by atoms with van der Waals surface area (Å²) in [6.07, 6.45) is 5.31. The Bertz CT molecular complexity index is 1290. The Morgan fingerprint density at radius 2 is 1.09 bits per heavy atom. The molecule has 0 radical (unpaired) electrons. The van der Waals surface area contributed by atoms with Crippen molar-refractivity contribution in [2.75, 3.05) is 0 Å². The zero-order valence-corrected chi connectivity index (χ0v) is 19.1. The predicted molar refractivity (Wildman–Crippen MR) is 131 cm³/mol. The van der Waals surface area contributed by atoms with Crippen LogP contribution in [0.1, 0.15) is 46.7 Å². The Morgan fingerprint density at radius 1 is 0.706 bits per heavy atom. The van der Waals surface area contributed by atoms with Crippen molar-refractivity contribution in [2.45, 2.75) is 39.5 Å². The fourth-order valence-electron chi connectivity index (χ4n) is 3.32. The maximum atomic E-state index is 12.1. The highest BCUT2D eigenvalue weighted by molar-refractivity contribution is 5.65. The first-order chi connectivity index (χ1) is 16.5. The van der Waals surface area contributed by atoms with Crippen molar-refractivity contribution >= 4 is 12.4 Å². The van der Waals surface area contributed by atoms with Crippen molar-refractivity contribution in [2.24, 2.45) is 10.2 Å². The number of rotatable bonds is 9. The molecule has 2 N–H and O–H groups in total. The highest BCUT2D eigenvalue weighted by atomic mass is 16.2. The first kappa shape index (κ1) is 22.8. The second-order valence-electron chi connectivity index (χ2n) is 8.01. The van der Waals surface area contributed by atoms with Gasteiger partial charge in [0.1, 0.15) is 0 Å². The monoisotopic (exact) mass is 458 g/mol. The van der Waals surface area contributed by atoms with Gasteiger partial charge in [-0.1, -0.05) is 59.7 Å². The largest absolute Gasteiger partial charge is 0.364 e. The molecule has 174 valence electrons. The molecule has 0 fully saturated rings. The number of benzene rings is 2. The molecule has 0 spiro atoms. The smallest absolute Gasteiger partial charge is 0.244 e. The molecule has 2 aromatic carbocycles. The number of hydrogen-bond acceptors (Lipinski definition) is 6. The Balaban J connectivity index is 1.35. The molecule has 2 heterocycles. The zero-order valence-electron chi connectivity index (χ0n) is 19.1. The van der Waals surface area contributed by atoms with Crippen LogP contribution < -0.4 is 11.4 Å². The Hall–Kier alpha value is -4.34. The van der Waals surface area contributed by atoms with Gasteiger partial charge in [-0.2, -0.15) is 29.8 Å². The van der Waals surface area contributed by atoms with E-state index in [0.717, 1.165) is 11.1 Å². The van der Waals surface area contributed by atoms with Gasteiger partial charge in [-0.3, -0.25) is 0 Å². The topological polar surface area (TPSA) is 126 Å². The van der Waals surface area contributed by atoms with Gasteiger partial charge in [0, 0.05) is 25.3 Å². The fourth-order valence-corrected chi connectivity index (χ4v) is 3.32. The molecule has 0 atom stereocenters. The highest BCUT2D eigenvalue weighted by Crippen LogP contribution is 2.09. The van der Waals surface area contributed by atoms with Crippen LogP contribution in [0.5, 0.6) is 0 Å². The number of nitrogens with zero attached hydrogens (tertiary/aromatic N) is 6. The Labute approximate surface area is 195 Å². The van der Waals surface area contributed by atoms with Crippen LogP contribution in [0.2, 0.25) is 0 Å². The van der Waals surface area contributed by atoms with E-state index >= 15 is 0 Å². The van der Waals surface area contributed by atoms with Crippen molar-refractivity contribution in [1.29, 1.82) is 0 Å². The van der Waals surface area contributed by atoms with E-state index in [2.05, 4.69) is 30.6 Å². The van der Waals surface area contributed by atoms with Crippen LogP contribution in [-0.2, 0) is 12.8 Å². The molecule has 0 saturated carbocycles. The number of aromatic amines is 2. The molecule has 2 aromatic heterocycles. The third-order valence-corrected chi connectivity index (χ3v) is 5.22. The summed E-state index contributed by atoms with van der Waals surface area (Å²) in [7, 11) is 0. The summed E-state index contributed by atoms with van der Waals surface area (Å²) in [6.45, 7) is 4.05. The van der Waals surface area contributed by atoms with Gasteiger partial charge in [0.25, 0.3) is 0 Å². The molecule has 0 amide bonds. The van der Waals surface area contributed by atoms with Crippen LogP contribution in [0.3, 0.4) is 0 Å². The van der Waals surface area contributed by atoms with E-state index in [0.29, 0.717) is 37.3 Å². The summed E-state index contributed by atoms with van der Waals surface area (Å²) in [4.78, 5) is 24.1. The van der Waals surface area contributed by atoms with Crippen molar-refractivity contribution in [3.8, 4) is 0 Å². The van der Waals surface area contributed by atoms with Crippen LogP contribution in [0.4, 0.5) is 0 Å². The molecule has 10 heteroatoms. The number of aromatic nitrogens is 6. The number of unbranched alkanes of at least 4 members (excludes halogenated alkanes) is 1. The first-order valence-electron chi connectivity index (χ1n) is 11.0. The van der Waals surface area contributed by atoms with E-state index < -0.39 is 11.4 Å². The van der Waals surface area contributed by atoms with Crippen LogP contribution in [-0.4, -0.2) is 42.2 Å². The number of hydrogen-bond donors (Lipinski definition) is 2. The van der Waals surface area contributed by atoms with Gasteiger partial charge in [0.2, 0.25) is 0 Å². The van der Waals surface area contributed by atoms with Crippen LogP contribution in [0.15, 0.2) is 68.3 Å². The number of aryl methyl sites for hydroxylation is 2. The summed E-state index contributed by atoms with van der Waals surface area (Å²) in [6, 6.07) is 16.1. The zero-order chi connectivity index (χ0) is 23.9. The molecule has 0 unspecified atom stereocenters. The van der Waals surface area contributed by atoms with Gasteiger partial charge in [0.15, 0.2) is 11.6 Å². The SMILES string of the molecule is Cc1ccc(Cc2n[nH]c(=O)n2/N=C/CC/C=N/n2c(Cc3ccc(C)cc3)n[nH]c2=O)cc1. The average molecular weight is 459 g/mol. The lowest BCUT2D eigenvalue weighted by atomic mass is 10.1. The normalized spacial score (nSPS) is 11.7. The summed E-state index contributed by atoms with van der Waals surface area (Å²) in [5.74, 6) is 1.06. The number of nitrogens with one attached hydrogen (secondary N) is 2. The van der Waals surface area contributed by atoms with E-state index in [-0.39, 0.29) is 0 Å². The van der Waals surface area contributed by atoms with Gasteiger partial charge in [-0.05, 0) is 37.8 Å². The summed E-state index contributed by atoms with van der Waals surface area (Å²) >= 11 is 0. The Morgan fingerprint density at radius 3 is 1.47 bits per heavy atom. The number of H-pyrrole nitrogens is 2. The molecular weight excluding hydrogens is 432 g/mol. The first-order valence-corrected chi connectivity index (χ1v) is 11.0. The maximum Gasteiger partial charge on any atom is 0.364 e. The van der Waals surface area contributed by atoms with Crippen molar-refractivity contribution in [1.82, 2.24) is 29.7 Å². The lowest BCUT2D eigenvalue weighted by Gasteiger charge is -2.02. The summed E-state index contributed by atoms with van der Waals surface area (Å²) < 4.78 is 2.52. The molecule has 0 aliphatic heterocycles. The average Bonchev–Trinajstić information content (AvgIpc) is 3.35. The van der Waals surface area contributed by atoms with Crippen molar-refractivity contribution in [3.63, 3.8) is 0 Å². The lowest BCUT2D eigenvalue weighted by molar-refractivity contribution is 0.767. The second kappa shape index (κ2) is 10.5. The molecule has 0 aliphatic rings. The third-order valence-electron chi connectivity index (χ3n) is 5.22. The van der Waals surface area contributed by atoms with E-state index in [9.17, 15) is 9.59 Å². The maximum absolute atomic E-state index is 12.1. The molecule has 0 bridgehead atoms. The van der Waals surface area contributed by atoms with E-state index in [4.69, 9.17) is 0 Å². The van der Waals surface area contributed by atoms with Crippen LogP contribution in [0.25, 0.3) is 0 Å².